The molecule has 1 heterocycles. The number of aromatic nitrogens is 1. The second-order valence-electron chi connectivity index (χ2n) is 6.88. The molecule has 33 heavy (non-hydrogen) atoms. The molecule has 8 nitrogen and oxygen atoms in total. The highest BCUT2D eigenvalue weighted by Crippen LogP contribution is 2.27. The number of nitro groups is 1. The first kappa shape index (κ1) is 21.9. The molecule has 0 aliphatic carbocycles. The van der Waals surface area contributed by atoms with Crippen LogP contribution >= 0.6 is 11.6 Å². The largest absolute Gasteiger partial charge is 0.455 e. The van der Waals surface area contributed by atoms with Gasteiger partial charge in [-0.3, -0.25) is 14.9 Å². The molecule has 0 bridgehead atoms. The van der Waals surface area contributed by atoms with Crippen molar-refractivity contribution in [1.82, 2.24) is 4.98 Å². The maximum absolute atomic E-state index is 13.0. The van der Waals surface area contributed by atoms with E-state index in [4.69, 9.17) is 20.8 Å². The van der Waals surface area contributed by atoms with Crippen LogP contribution in [0.4, 0.5) is 5.69 Å². The van der Waals surface area contributed by atoms with Crippen LogP contribution in [0.1, 0.15) is 32.0 Å². The summed E-state index contributed by atoms with van der Waals surface area (Å²) in [4.78, 5) is 40.5. The Morgan fingerprint density at radius 1 is 1.00 bits per heavy atom. The second kappa shape index (κ2) is 9.46. The summed E-state index contributed by atoms with van der Waals surface area (Å²) in [6, 6.07) is 19.0. The molecule has 1 aromatic heterocycles. The first-order valence-electron chi connectivity index (χ1n) is 9.68. The lowest BCUT2D eigenvalue weighted by Gasteiger charge is -2.09. The van der Waals surface area contributed by atoms with Crippen LogP contribution in [0, 0.1) is 10.1 Å². The van der Waals surface area contributed by atoms with Gasteiger partial charge in [-0.15, -0.1) is 0 Å². The van der Waals surface area contributed by atoms with Gasteiger partial charge in [-0.25, -0.2) is 9.78 Å². The van der Waals surface area contributed by atoms with Crippen LogP contribution in [0.5, 0.6) is 0 Å². The quantitative estimate of drug-likeness (QED) is 0.154. The van der Waals surface area contributed by atoms with E-state index >= 15 is 0 Å². The van der Waals surface area contributed by atoms with Crippen molar-refractivity contribution in [3.05, 3.63) is 117 Å². The van der Waals surface area contributed by atoms with E-state index in [-0.39, 0.29) is 28.3 Å². The monoisotopic (exact) mass is 462 g/mol. The third-order valence-corrected chi connectivity index (χ3v) is 5.04. The van der Waals surface area contributed by atoms with E-state index in [9.17, 15) is 19.7 Å². The predicted molar refractivity (Wildman–Crippen MR) is 119 cm³/mol. The van der Waals surface area contributed by atoms with Gasteiger partial charge in [-0.2, -0.15) is 0 Å². The molecule has 0 radical (unpaired) electrons. The highest BCUT2D eigenvalue weighted by atomic mass is 35.5. The number of nitrogens with zero attached hydrogens (tertiary/aromatic N) is 2. The molecule has 9 heteroatoms. The molecule has 0 saturated carbocycles. The zero-order valence-corrected chi connectivity index (χ0v) is 17.7. The van der Waals surface area contributed by atoms with Crippen LogP contribution in [0.25, 0.3) is 11.5 Å². The number of hydrogen-bond donors (Lipinski definition) is 0. The third kappa shape index (κ3) is 4.81. The molecule has 4 aromatic rings. The number of benzene rings is 3. The van der Waals surface area contributed by atoms with Crippen molar-refractivity contribution < 1.29 is 23.7 Å². The molecule has 0 fully saturated rings. The molecule has 0 aliphatic heterocycles. The number of halogens is 1. The molecule has 0 amide bonds. The zero-order chi connectivity index (χ0) is 23.4. The highest BCUT2D eigenvalue weighted by molar-refractivity contribution is 6.33. The fourth-order valence-corrected chi connectivity index (χ4v) is 3.30. The Bertz CT molecular complexity index is 1350. The van der Waals surface area contributed by atoms with E-state index in [2.05, 4.69) is 4.98 Å². The summed E-state index contributed by atoms with van der Waals surface area (Å²) in [5.74, 6) is -0.927. The van der Waals surface area contributed by atoms with Gasteiger partial charge in [-0.1, -0.05) is 48.0 Å². The Balaban J connectivity index is 1.52. The first-order chi connectivity index (χ1) is 15.9. The van der Waals surface area contributed by atoms with Crippen LogP contribution in [0.2, 0.25) is 5.02 Å². The summed E-state index contributed by atoms with van der Waals surface area (Å²) in [6.07, 6.45) is 1.39. The van der Waals surface area contributed by atoms with E-state index in [1.165, 1.54) is 30.5 Å². The van der Waals surface area contributed by atoms with Gasteiger partial charge in [0.2, 0.25) is 5.89 Å². The van der Waals surface area contributed by atoms with Crippen LogP contribution < -0.4 is 0 Å². The summed E-state index contributed by atoms with van der Waals surface area (Å²) < 4.78 is 10.8. The van der Waals surface area contributed by atoms with Gasteiger partial charge in [0, 0.05) is 22.8 Å². The number of ether oxygens (including phenoxy) is 1. The number of rotatable bonds is 7. The lowest BCUT2D eigenvalue weighted by Crippen LogP contribution is -2.13. The average Bonchev–Trinajstić information content (AvgIpc) is 3.32. The third-order valence-electron chi connectivity index (χ3n) is 4.72. The van der Waals surface area contributed by atoms with Crippen molar-refractivity contribution in [2.24, 2.45) is 0 Å². The van der Waals surface area contributed by atoms with Gasteiger partial charge >= 0.3 is 5.97 Å². The molecule has 4 rings (SSSR count). The Labute approximate surface area is 192 Å². The fraction of sp³-hybridized carbons (Fsp3) is 0.0417. The van der Waals surface area contributed by atoms with Crippen molar-refractivity contribution >= 4 is 29.0 Å². The standard InChI is InChI=1S/C24H15ClN2O6/c25-20-11-10-16(12-21(20)27(30)31)22(28)18-8-4-5-9-19(18)24(29)33-14-17-13-32-23(26-17)15-6-2-1-3-7-15/h1-13H,14H2. The van der Waals surface area contributed by atoms with Gasteiger partial charge in [0.25, 0.3) is 5.69 Å². The van der Waals surface area contributed by atoms with Gasteiger partial charge in [-0.05, 0) is 30.3 Å². The normalized spacial score (nSPS) is 10.6. The summed E-state index contributed by atoms with van der Waals surface area (Å²) in [7, 11) is 0. The van der Waals surface area contributed by atoms with Crippen molar-refractivity contribution in [2.75, 3.05) is 0 Å². The van der Waals surface area contributed by atoms with Gasteiger partial charge in [0.15, 0.2) is 5.78 Å². The molecular formula is C24H15ClN2O6. The Kier molecular flexibility index (Phi) is 6.28. The van der Waals surface area contributed by atoms with E-state index in [1.54, 1.807) is 12.1 Å². The number of hydrogen-bond acceptors (Lipinski definition) is 7. The van der Waals surface area contributed by atoms with Gasteiger partial charge in [0.05, 0.1) is 10.5 Å². The number of carbonyl (C=O) groups is 2. The molecule has 0 atom stereocenters. The molecule has 0 saturated heterocycles. The zero-order valence-electron chi connectivity index (χ0n) is 16.9. The summed E-state index contributed by atoms with van der Waals surface area (Å²) >= 11 is 5.82. The molecule has 3 aromatic carbocycles. The van der Waals surface area contributed by atoms with E-state index in [0.717, 1.165) is 11.6 Å². The summed E-state index contributed by atoms with van der Waals surface area (Å²) in [6.45, 7) is -0.163. The summed E-state index contributed by atoms with van der Waals surface area (Å²) in [5, 5.41) is 11.1. The number of ketones is 1. The summed E-state index contributed by atoms with van der Waals surface area (Å²) in [5.41, 5.74) is 0.872. The highest BCUT2D eigenvalue weighted by Gasteiger charge is 2.22. The van der Waals surface area contributed by atoms with Gasteiger partial charge < -0.3 is 9.15 Å². The smallest absolute Gasteiger partial charge is 0.339 e. The molecule has 164 valence electrons. The van der Waals surface area contributed by atoms with Crippen LogP contribution in [-0.2, 0) is 11.3 Å². The lowest BCUT2D eigenvalue weighted by atomic mass is 9.98. The Morgan fingerprint density at radius 3 is 2.42 bits per heavy atom. The molecule has 0 unspecified atom stereocenters. The number of oxazole rings is 1. The SMILES string of the molecule is O=C(OCc1coc(-c2ccccc2)n1)c1ccccc1C(=O)c1ccc(Cl)c([N+](=O)[O-])c1. The minimum atomic E-state index is -0.744. The van der Waals surface area contributed by atoms with E-state index in [0.29, 0.717) is 11.6 Å². The molecule has 0 N–H and O–H groups in total. The molecular weight excluding hydrogens is 448 g/mol. The van der Waals surface area contributed by atoms with Gasteiger partial charge in [0.1, 0.15) is 23.6 Å². The molecule has 0 spiro atoms. The Hall–Kier alpha value is -4.30. The number of nitro benzene ring substituents is 1. The maximum atomic E-state index is 13.0. The van der Waals surface area contributed by atoms with Crippen molar-refractivity contribution in [3.8, 4) is 11.5 Å². The molecule has 0 aliphatic rings. The maximum Gasteiger partial charge on any atom is 0.339 e. The lowest BCUT2D eigenvalue weighted by molar-refractivity contribution is -0.384. The minimum absolute atomic E-state index is 0.0203. The minimum Gasteiger partial charge on any atom is -0.455 e. The van der Waals surface area contributed by atoms with Crippen molar-refractivity contribution in [1.29, 1.82) is 0 Å². The van der Waals surface area contributed by atoms with E-state index in [1.807, 2.05) is 30.3 Å². The van der Waals surface area contributed by atoms with E-state index < -0.39 is 22.4 Å². The second-order valence-corrected chi connectivity index (χ2v) is 7.29. The number of carbonyl (C=O) groups excluding carboxylic acids is 2. The van der Waals surface area contributed by atoms with Crippen LogP contribution in [-0.4, -0.2) is 21.7 Å². The van der Waals surface area contributed by atoms with Crippen molar-refractivity contribution in [2.45, 2.75) is 6.61 Å². The topological polar surface area (TPSA) is 113 Å². The van der Waals surface area contributed by atoms with Crippen LogP contribution in [0.15, 0.2) is 83.5 Å². The van der Waals surface area contributed by atoms with Crippen LogP contribution in [0.3, 0.4) is 0 Å². The first-order valence-corrected chi connectivity index (χ1v) is 10.1. The average molecular weight is 463 g/mol. The fourth-order valence-electron chi connectivity index (χ4n) is 3.11. The van der Waals surface area contributed by atoms with Crippen molar-refractivity contribution in [3.63, 3.8) is 0 Å². The number of esters is 1. The Morgan fingerprint density at radius 2 is 1.70 bits per heavy atom. The predicted octanol–water partition coefficient (Wildman–Crippen LogP) is 5.49.